The van der Waals surface area contributed by atoms with Gasteiger partial charge in [-0.2, -0.15) is 0 Å². The van der Waals surface area contributed by atoms with Crippen LogP contribution >= 0.6 is 0 Å². The molecule has 1 amide bonds. The van der Waals surface area contributed by atoms with E-state index in [0.717, 1.165) is 19.3 Å². The molecule has 6 heteroatoms. The standard InChI is InChI=1S/C15H18FNO4/c1-21-11-5-2-4-10(16)13(11)14(20)17-9-15(6-3-7-15)8-12(18)19/h2,4-5H,3,6-9H2,1H3,(H,17,20)(H,18,19). The number of aliphatic carboxylic acids is 1. The molecule has 0 aromatic heterocycles. The number of hydrogen-bond donors (Lipinski definition) is 2. The van der Waals surface area contributed by atoms with Crippen LogP contribution in [0.5, 0.6) is 5.75 Å². The van der Waals surface area contributed by atoms with Crippen molar-refractivity contribution in [1.29, 1.82) is 0 Å². The topological polar surface area (TPSA) is 75.6 Å². The molecule has 0 unspecified atom stereocenters. The first-order valence-electron chi connectivity index (χ1n) is 6.80. The number of nitrogens with one attached hydrogen (secondary N) is 1. The molecule has 0 radical (unpaired) electrons. The van der Waals surface area contributed by atoms with Gasteiger partial charge in [-0.05, 0) is 30.4 Å². The van der Waals surface area contributed by atoms with E-state index >= 15 is 0 Å². The van der Waals surface area contributed by atoms with Crippen molar-refractivity contribution in [2.45, 2.75) is 25.7 Å². The third kappa shape index (κ3) is 3.32. The van der Waals surface area contributed by atoms with E-state index in [1.54, 1.807) is 0 Å². The molecule has 0 atom stereocenters. The lowest BCUT2D eigenvalue weighted by Gasteiger charge is -2.40. The number of ether oxygens (including phenoxy) is 1. The van der Waals surface area contributed by atoms with Crippen molar-refractivity contribution >= 4 is 11.9 Å². The molecule has 21 heavy (non-hydrogen) atoms. The van der Waals surface area contributed by atoms with Crippen LogP contribution in [-0.4, -0.2) is 30.6 Å². The van der Waals surface area contributed by atoms with Gasteiger partial charge in [0.05, 0.1) is 13.5 Å². The normalized spacial score (nSPS) is 15.9. The highest BCUT2D eigenvalue weighted by atomic mass is 19.1. The smallest absolute Gasteiger partial charge is 0.303 e. The molecule has 2 rings (SSSR count). The summed E-state index contributed by atoms with van der Waals surface area (Å²) in [7, 11) is 1.36. The highest BCUT2D eigenvalue weighted by Crippen LogP contribution is 2.43. The molecule has 1 fully saturated rings. The van der Waals surface area contributed by atoms with Gasteiger partial charge in [0, 0.05) is 6.54 Å². The van der Waals surface area contributed by atoms with Crippen LogP contribution in [0.2, 0.25) is 0 Å². The molecule has 0 spiro atoms. The number of halogens is 1. The van der Waals surface area contributed by atoms with Crippen LogP contribution in [0.1, 0.15) is 36.0 Å². The van der Waals surface area contributed by atoms with E-state index in [0.29, 0.717) is 0 Å². The molecule has 0 aliphatic heterocycles. The zero-order chi connectivity index (χ0) is 15.5. The van der Waals surface area contributed by atoms with E-state index in [-0.39, 0.29) is 24.3 Å². The minimum atomic E-state index is -0.882. The van der Waals surface area contributed by atoms with Crippen LogP contribution in [0.25, 0.3) is 0 Å². The van der Waals surface area contributed by atoms with Gasteiger partial charge in [0.25, 0.3) is 5.91 Å². The number of carboxylic acid groups (broad SMARTS) is 1. The quantitative estimate of drug-likeness (QED) is 0.843. The maximum atomic E-state index is 13.8. The number of carbonyl (C=O) groups is 2. The Kier molecular flexibility index (Phi) is 4.45. The summed E-state index contributed by atoms with van der Waals surface area (Å²) < 4.78 is 18.8. The number of benzene rings is 1. The number of methoxy groups -OCH3 is 1. The van der Waals surface area contributed by atoms with Gasteiger partial charge in [-0.1, -0.05) is 12.5 Å². The first kappa shape index (κ1) is 15.3. The lowest BCUT2D eigenvalue weighted by Crippen LogP contribution is -2.43. The van der Waals surface area contributed by atoms with Gasteiger partial charge in [0.1, 0.15) is 17.1 Å². The van der Waals surface area contributed by atoms with E-state index in [1.807, 2.05) is 0 Å². The maximum absolute atomic E-state index is 13.8. The molecule has 2 N–H and O–H groups in total. The number of rotatable bonds is 6. The van der Waals surface area contributed by atoms with Crippen molar-refractivity contribution < 1.29 is 23.8 Å². The summed E-state index contributed by atoms with van der Waals surface area (Å²) in [5, 5.41) is 11.6. The molecule has 1 aromatic rings. The van der Waals surface area contributed by atoms with Gasteiger partial charge in [-0.25, -0.2) is 4.39 Å². The fourth-order valence-electron chi connectivity index (χ4n) is 2.66. The first-order chi connectivity index (χ1) is 9.97. The predicted octanol–water partition coefficient (Wildman–Crippen LogP) is 2.21. The van der Waals surface area contributed by atoms with Crippen LogP contribution in [0, 0.1) is 11.2 Å². The van der Waals surface area contributed by atoms with Crippen molar-refractivity contribution in [2.24, 2.45) is 5.41 Å². The minimum absolute atomic E-state index is 0.0156. The SMILES string of the molecule is COc1cccc(F)c1C(=O)NCC1(CC(=O)O)CCC1. The van der Waals surface area contributed by atoms with E-state index in [2.05, 4.69) is 5.32 Å². The van der Waals surface area contributed by atoms with Gasteiger partial charge in [-0.3, -0.25) is 9.59 Å². The number of carboxylic acids is 1. The van der Waals surface area contributed by atoms with Crippen LogP contribution in [0.15, 0.2) is 18.2 Å². The molecule has 0 heterocycles. The molecule has 0 saturated heterocycles. The number of hydrogen-bond acceptors (Lipinski definition) is 3. The summed E-state index contributed by atoms with van der Waals surface area (Å²) in [5.41, 5.74) is -0.551. The average molecular weight is 295 g/mol. The summed E-state index contributed by atoms with van der Waals surface area (Å²) in [5.74, 6) is -1.96. The van der Waals surface area contributed by atoms with Crippen LogP contribution < -0.4 is 10.1 Å². The van der Waals surface area contributed by atoms with Crippen LogP contribution in [0.3, 0.4) is 0 Å². The first-order valence-corrected chi connectivity index (χ1v) is 6.80. The monoisotopic (exact) mass is 295 g/mol. The second kappa shape index (κ2) is 6.11. The van der Waals surface area contributed by atoms with Gasteiger partial charge >= 0.3 is 5.97 Å². The molecule has 1 aliphatic rings. The number of carbonyl (C=O) groups excluding carboxylic acids is 1. The van der Waals surface area contributed by atoms with Gasteiger partial charge < -0.3 is 15.2 Å². The molecular weight excluding hydrogens is 277 g/mol. The maximum Gasteiger partial charge on any atom is 0.303 e. The molecule has 5 nitrogen and oxygen atoms in total. The number of amides is 1. The molecule has 1 aliphatic carbocycles. The molecule has 114 valence electrons. The van der Waals surface area contributed by atoms with E-state index in [9.17, 15) is 14.0 Å². The van der Waals surface area contributed by atoms with Gasteiger partial charge in [0.15, 0.2) is 0 Å². The Labute approximate surface area is 122 Å². The lowest BCUT2D eigenvalue weighted by atomic mass is 9.66. The summed E-state index contributed by atoms with van der Waals surface area (Å²) in [6.07, 6.45) is 2.48. The lowest BCUT2D eigenvalue weighted by molar-refractivity contribution is -0.141. The Bertz CT molecular complexity index is 555. The predicted molar refractivity (Wildman–Crippen MR) is 73.8 cm³/mol. The van der Waals surface area contributed by atoms with Crippen molar-refractivity contribution in [3.05, 3.63) is 29.6 Å². The summed E-state index contributed by atoms with van der Waals surface area (Å²) in [6, 6.07) is 4.16. The summed E-state index contributed by atoms with van der Waals surface area (Å²) >= 11 is 0. The molecule has 1 saturated carbocycles. The third-order valence-corrected chi connectivity index (χ3v) is 3.99. The van der Waals surface area contributed by atoms with E-state index < -0.39 is 23.1 Å². The van der Waals surface area contributed by atoms with Crippen LogP contribution in [-0.2, 0) is 4.79 Å². The van der Waals surface area contributed by atoms with Crippen molar-refractivity contribution in [1.82, 2.24) is 5.32 Å². The molecular formula is C15H18FNO4. The van der Waals surface area contributed by atoms with Gasteiger partial charge in [0.2, 0.25) is 0 Å². The summed E-state index contributed by atoms with van der Waals surface area (Å²) in [6.45, 7) is 0.232. The van der Waals surface area contributed by atoms with Crippen molar-refractivity contribution in [3.63, 3.8) is 0 Å². The van der Waals surface area contributed by atoms with Gasteiger partial charge in [-0.15, -0.1) is 0 Å². The Morgan fingerprint density at radius 2 is 2.14 bits per heavy atom. The minimum Gasteiger partial charge on any atom is -0.496 e. The highest BCUT2D eigenvalue weighted by Gasteiger charge is 2.39. The zero-order valence-electron chi connectivity index (χ0n) is 11.8. The Hall–Kier alpha value is -2.11. The Morgan fingerprint density at radius 1 is 1.43 bits per heavy atom. The zero-order valence-corrected chi connectivity index (χ0v) is 11.8. The van der Waals surface area contributed by atoms with E-state index in [1.165, 1.54) is 25.3 Å². The second-order valence-corrected chi connectivity index (χ2v) is 5.42. The highest BCUT2D eigenvalue weighted by molar-refractivity contribution is 5.97. The Morgan fingerprint density at radius 3 is 2.67 bits per heavy atom. The van der Waals surface area contributed by atoms with Crippen molar-refractivity contribution in [3.8, 4) is 5.75 Å². The fourth-order valence-corrected chi connectivity index (χ4v) is 2.66. The molecule has 1 aromatic carbocycles. The Balaban J connectivity index is 2.07. The fraction of sp³-hybridized carbons (Fsp3) is 0.467. The second-order valence-electron chi connectivity index (χ2n) is 5.42. The van der Waals surface area contributed by atoms with Crippen molar-refractivity contribution in [2.75, 3.05) is 13.7 Å². The third-order valence-electron chi connectivity index (χ3n) is 3.99. The summed E-state index contributed by atoms with van der Waals surface area (Å²) in [4.78, 5) is 23.0. The van der Waals surface area contributed by atoms with E-state index in [4.69, 9.17) is 9.84 Å². The average Bonchev–Trinajstić information content (AvgIpc) is 2.40. The largest absolute Gasteiger partial charge is 0.496 e. The van der Waals surface area contributed by atoms with Crippen LogP contribution in [0.4, 0.5) is 4.39 Å². The molecule has 0 bridgehead atoms.